The molecule has 5 aromatic rings. The van der Waals surface area contributed by atoms with Crippen LogP contribution in [0.15, 0.2) is 133 Å². The maximum Gasteiger partial charge on any atom is 0.159 e. The zero-order chi connectivity index (χ0) is 23.4. The SMILES string of the molecule is Fc1ccc(-c2ccc(C[P+](c3ccccc3)(c3ccccc3)c3ccccc3)cc2)cc1F.[Br-]. The zero-order valence-electron chi connectivity index (χ0n) is 19.0. The molecular formula is C31H24BrF2P. The van der Waals surface area contributed by atoms with Gasteiger partial charge in [0, 0.05) is 0 Å². The Hall–Kier alpha value is -3.13. The molecule has 174 valence electrons. The standard InChI is InChI=1S/C31H24F2P.BrH/c32-30-21-20-26(22-31(30)33)25-18-16-24(17-19-25)23-34(27-10-4-1-5-11-27,28-12-6-2-7-13-28)29-14-8-3-9-15-29;/h1-22H,23H2;1H/q+1;/p-1. The summed E-state index contributed by atoms with van der Waals surface area (Å²) in [7, 11) is -1.99. The van der Waals surface area contributed by atoms with Gasteiger partial charge in [0.1, 0.15) is 23.2 Å². The molecule has 0 radical (unpaired) electrons. The molecule has 5 aromatic carbocycles. The minimum absolute atomic E-state index is 0. The van der Waals surface area contributed by atoms with Crippen LogP contribution in [-0.4, -0.2) is 0 Å². The van der Waals surface area contributed by atoms with Crippen molar-refractivity contribution in [2.75, 3.05) is 0 Å². The molecule has 0 spiro atoms. The summed E-state index contributed by atoms with van der Waals surface area (Å²) in [5.74, 6) is -1.66. The van der Waals surface area contributed by atoms with Crippen molar-refractivity contribution >= 4 is 23.2 Å². The van der Waals surface area contributed by atoms with Crippen molar-refractivity contribution < 1.29 is 25.8 Å². The molecule has 0 saturated carbocycles. The first kappa shape index (κ1) is 25.0. The molecule has 0 aliphatic carbocycles. The summed E-state index contributed by atoms with van der Waals surface area (Å²) in [5.41, 5.74) is 2.74. The lowest BCUT2D eigenvalue weighted by Crippen LogP contribution is -3.00. The summed E-state index contributed by atoms with van der Waals surface area (Å²) < 4.78 is 27.1. The van der Waals surface area contributed by atoms with Gasteiger partial charge < -0.3 is 17.0 Å². The first-order valence-electron chi connectivity index (χ1n) is 11.3. The van der Waals surface area contributed by atoms with Crippen LogP contribution in [0.4, 0.5) is 8.78 Å². The van der Waals surface area contributed by atoms with Crippen LogP contribution in [-0.2, 0) is 6.16 Å². The Labute approximate surface area is 216 Å². The van der Waals surface area contributed by atoms with Gasteiger partial charge in [-0.05, 0) is 65.2 Å². The van der Waals surface area contributed by atoms with Gasteiger partial charge in [0.2, 0.25) is 0 Å². The van der Waals surface area contributed by atoms with E-state index < -0.39 is 18.9 Å². The molecule has 0 aliphatic rings. The Morgan fingerprint density at radius 3 is 1.31 bits per heavy atom. The van der Waals surface area contributed by atoms with Crippen LogP contribution < -0.4 is 32.9 Å². The van der Waals surface area contributed by atoms with E-state index in [0.717, 1.165) is 11.7 Å². The van der Waals surface area contributed by atoms with Gasteiger partial charge in [-0.25, -0.2) is 8.78 Å². The lowest BCUT2D eigenvalue weighted by Gasteiger charge is -2.28. The van der Waals surface area contributed by atoms with E-state index in [1.165, 1.54) is 33.6 Å². The van der Waals surface area contributed by atoms with Crippen molar-refractivity contribution in [3.05, 3.63) is 151 Å². The van der Waals surface area contributed by atoms with Gasteiger partial charge in [0.15, 0.2) is 11.6 Å². The molecular weight excluding hydrogens is 521 g/mol. The second-order valence-electron chi connectivity index (χ2n) is 8.30. The Balaban J connectivity index is 0.00000289. The van der Waals surface area contributed by atoms with E-state index in [1.54, 1.807) is 6.07 Å². The van der Waals surface area contributed by atoms with Crippen molar-refractivity contribution in [3.63, 3.8) is 0 Å². The molecule has 0 aliphatic heterocycles. The first-order chi connectivity index (χ1) is 16.7. The van der Waals surface area contributed by atoms with E-state index in [1.807, 2.05) is 12.1 Å². The fraction of sp³-hybridized carbons (Fsp3) is 0.0323. The highest BCUT2D eigenvalue weighted by atomic mass is 79.9. The van der Waals surface area contributed by atoms with Crippen LogP contribution in [0, 0.1) is 11.6 Å². The smallest absolute Gasteiger partial charge is 0.159 e. The van der Waals surface area contributed by atoms with Crippen molar-refractivity contribution in [3.8, 4) is 11.1 Å². The molecule has 0 N–H and O–H groups in total. The summed E-state index contributed by atoms with van der Waals surface area (Å²) in [6.07, 6.45) is 0.864. The molecule has 0 atom stereocenters. The fourth-order valence-corrected chi connectivity index (χ4v) is 8.76. The maximum absolute atomic E-state index is 13.8. The van der Waals surface area contributed by atoms with Gasteiger partial charge in [-0.3, -0.25) is 0 Å². The van der Waals surface area contributed by atoms with Crippen molar-refractivity contribution in [2.24, 2.45) is 0 Å². The molecule has 0 saturated heterocycles. The van der Waals surface area contributed by atoms with E-state index >= 15 is 0 Å². The second-order valence-corrected chi connectivity index (χ2v) is 11.8. The minimum atomic E-state index is -1.99. The Kier molecular flexibility index (Phi) is 7.90. The van der Waals surface area contributed by atoms with Crippen LogP contribution in [0.3, 0.4) is 0 Å². The van der Waals surface area contributed by atoms with Crippen LogP contribution >= 0.6 is 7.26 Å². The number of halogens is 3. The van der Waals surface area contributed by atoms with Crippen molar-refractivity contribution in [1.29, 1.82) is 0 Å². The van der Waals surface area contributed by atoms with Gasteiger partial charge in [-0.15, -0.1) is 0 Å². The normalized spacial score (nSPS) is 11.0. The summed E-state index contributed by atoms with van der Waals surface area (Å²) in [4.78, 5) is 0. The van der Waals surface area contributed by atoms with E-state index in [4.69, 9.17) is 0 Å². The third kappa shape index (κ3) is 5.12. The summed E-state index contributed by atoms with van der Waals surface area (Å²) in [6, 6.07) is 44.6. The Bertz CT molecular complexity index is 1280. The molecule has 4 heteroatoms. The number of benzene rings is 5. The molecule has 0 fully saturated rings. The lowest BCUT2D eigenvalue weighted by atomic mass is 10.0. The van der Waals surface area contributed by atoms with E-state index in [2.05, 4.69) is 103 Å². The fourth-order valence-electron chi connectivity index (χ4n) is 4.52. The number of hydrogen-bond acceptors (Lipinski definition) is 0. The molecule has 0 bridgehead atoms. The highest BCUT2D eigenvalue weighted by Gasteiger charge is 2.45. The third-order valence-electron chi connectivity index (χ3n) is 6.22. The van der Waals surface area contributed by atoms with Gasteiger partial charge in [-0.2, -0.15) is 0 Å². The second kappa shape index (κ2) is 11.1. The van der Waals surface area contributed by atoms with Gasteiger partial charge in [0.25, 0.3) is 0 Å². The molecule has 0 unspecified atom stereocenters. The lowest BCUT2D eigenvalue weighted by molar-refractivity contribution is -0.00000762. The Morgan fingerprint density at radius 1 is 0.457 bits per heavy atom. The number of rotatable bonds is 6. The molecule has 0 nitrogen and oxygen atoms in total. The van der Waals surface area contributed by atoms with E-state index in [-0.39, 0.29) is 17.0 Å². The Morgan fingerprint density at radius 2 is 0.886 bits per heavy atom. The first-order valence-corrected chi connectivity index (χ1v) is 13.2. The molecule has 5 rings (SSSR count). The highest BCUT2D eigenvalue weighted by Crippen LogP contribution is 2.58. The summed E-state index contributed by atoms with van der Waals surface area (Å²) in [5, 5.41) is 3.99. The molecule has 0 heterocycles. The maximum atomic E-state index is 13.8. The van der Waals surface area contributed by atoms with Gasteiger partial charge in [0.05, 0.1) is 6.16 Å². The van der Waals surface area contributed by atoms with Gasteiger partial charge >= 0.3 is 0 Å². The van der Waals surface area contributed by atoms with E-state index in [9.17, 15) is 8.78 Å². The average Bonchev–Trinajstić information content (AvgIpc) is 2.91. The molecule has 35 heavy (non-hydrogen) atoms. The summed E-state index contributed by atoms with van der Waals surface area (Å²) in [6.45, 7) is 0. The largest absolute Gasteiger partial charge is 1.00 e. The third-order valence-corrected chi connectivity index (χ3v) is 10.6. The van der Waals surface area contributed by atoms with Crippen LogP contribution in [0.1, 0.15) is 5.56 Å². The van der Waals surface area contributed by atoms with E-state index in [0.29, 0.717) is 5.56 Å². The van der Waals surface area contributed by atoms with Gasteiger partial charge in [-0.1, -0.05) is 84.9 Å². The van der Waals surface area contributed by atoms with Crippen LogP contribution in [0.25, 0.3) is 11.1 Å². The predicted molar refractivity (Wildman–Crippen MR) is 141 cm³/mol. The van der Waals surface area contributed by atoms with Crippen molar-refractivity contribution in [2.45, 2.75) is 6.16 Å². The minimum Gasteiger partial charge on any atom is -1.00 e. The highest BCUT2D eigenvalue weighted by molar-refractivity contribution is 7.95. The zero-order valence-corrected chi connectivity index (χ0v) is 21.5. The molecule has 0 amide bonds. The summed E-state index contributed by atoms with van der Waals surface area (Å²) >= 11 is 0. The monoisotopic (exact) mass is 544 g/mol. The average molecular weight is 545 g/mol. The number of hydrogen-bond donors (Lipinski definition) is 0. The van der Waals surface area contributed by atoms with Crippen LogP contribution in [0.5, 0.6) is 0 Å². The van der Waals surface area contributed by atoms with Crippen LogP contribution in [0.2, 0.25) is 0 Å². The quantitative estimate of drug-likeness (QED) is 0.282. The topological polar surface area (TPSA) is 0 Å². The predicted octanol–water partition coefficient (Wildman–Crippen LogP) is 4.13. The molecule has 0 aromatic heterocycles. The van der Waals surface area contributed by atoms with Crippen molar-refractivity contribution in [1.82, 2.24) is 0 Å².